The van der Waals surface area contributed by atoms with E-state index in [0.717, 1.165) is 0 Å². The molecule has 0 unspecified atom stereocenters. The molecule has 0 aliphatic heterocycles. The van der Waals surface area contributed by atoms with Crippen LogP contribution in [0.2, 0.25) is 0 Å². The molecule has 1 aromatic carbocycles. The molecule has 106 valence electrons. The van der Waals surface area contributed by atoms with Crippen LogP contribution in [0.15, 0.2) is 47.1 Å². The molecule has 0 fully saturated rings. The van der Waals surface area contributed by atoms with Crippen LogP contribution in [0, 0.1) is 11.3 Å². The van der Waals surface area contributed by atoms with Gasteiger partial charge in [0, 0.05) is 0 Å². The summed E-state index contributed by atoms with van der Waals surface area (Å²) in [5.74, 6) is -0.926. The fraction of sp³-hybridized carbons (Fsp3) is 0.133. The molecule has 1 amide bonds. The third-order valence-corrected chi connectivity index (χ3v) is 2.59. The second-order valence-electron chi connectivity index (χ2n) is 4.13. The van der Waals surface area contributed by atoms with Crippen molar-refractivity contribution >= 4 is 11.9 Å². The molecule has 0 aliphatic rings. The SMILES string of the molecule is N#Cc1cccc(COC(=O)CNC(=O)c2ccco2)c1. The number of carbonyl (C=O) groups excluding carboxylic acids is 2. The van der Waals surface area contributed by atoms with Gasteiger partial charge in [-0.15, -0.1) is 0 Å². The van der Waals surface area contributed by atoms with Crippen LogP contribution in [0.4, 0.5) is 0 Å². The smallest absolute Gasteiger partial charge is 0.325 e. The van der Waals surface area contributed by atoms with Crippen LogP contribution in [-0.2, 0) is 16.1 Å². The molecule has 21 heavy (non-hydrogen) atoms. The molecule has 0 radical (unpaired) electrons. The van der Waals surface area contributed by atoms with E-state index in [1.54, 1.807) is 30.3 Å². The molecule has 1 heterocycles. The zero-order valence-electron chi connectivity index (χ0n) is 11.0. The molecule has 0 saturated heterocycles. The average Bonchev–Trinajstić information content (AvgIpc) is 3.05. The summed E-state index contributed by atoms with van der Waals surface area (Å²) in [6, 6.07) is 11.8. The van der Waals surface area contributed by atoms with Crippen molar-refractivity contribution in [2.75, 3.05) is 6.54 Å². The van der Waals surface area contributed by atoms with Crippen molar-refractivity contribution in [1.82, 2.24) is 5.32 Å². The van der Waals surface area contributed by atoms with E-state index in [9.17, 15) is 9.59 Å². The van der Waals surface area contributed by atoms with E-state index >= 15 is 0 Å². The van der Waals surface area contributed by atoms with Gasteiger partial charge < -0.3 is 14.5 Å². The second kappa shape index (κ2) is 6.91. The maximum absolute atomic E-state index is 11.5. The van der Waals surface area contributed by atoms with Gasteiger partial charge in [-0.05, 0) is 29.8 Å². The minimum Gasteiger partial charge on any atom is -0.460 e. The van der Waals surface area contributed by atoms with Crippen molar-refractivity contribution in [3.05, 3.63) is 59.5 Å². The van der Waals surface area contributed by atoms with Gasteiger partial charge in [-0.2, -0.15) is 5.26 Å². The molecule has 6 heteroatoms. The lowest BCUT2D eigenvalue weighted by molar-refractivity contribution is -0.143. The predicted molar refractivity (Wildman–Crippen MR) is 72.0 cm³/mol. The zero-order chi connectivity index (χ0) is 15.1. The molecule has 2 aromatic rings. The summed E-state index contributed by atoms with van der Waals surface area (Å²) in [5.41, 5.74) is 1.20. The number of hydrogen-bond donors (Lipinski definition) is 1. The Labute approximate surface area is 120 Å². The van der Waals surface area contributed by atoms with Gasteiger partial charge in [0.25, 0.3) is 5.91 Å². The van der Waals surface area contributed by atoms with Crippen molar-refractivity contribution in [3.63, 3.8) is 0 Å². The van der Waals surface area contributed by atoms with Crippen LogP contribution >= 0.6 is 0 Å². The molecule has 2 rings (SSSR count). The van der Waals surface area contributed by atoms with E-state index in [2.05, 4.69) is 5.32 Å². The highest BCUT2D eigenvalue weighted by molar-refractivity contribution is 5.93. The summed E-state index contributed by atoms with van der Waals surface area (Å²) in [4.78, 5) is 23.0. The zero-order valence-corrected chi connectivity index (χ0v) is 11.0. The van der Waals surface area contributed by atoms with Crippen LogP contribution < -0.4 is 5.32 Å². The minimum atomic E-state index is -0.572. The molecule has 0 bridgehead atoms. The van der Waals surface area contributed by atoms with Gasteiger partial charge in [0.15, 0.2) is 5.76 Å². The molecule has 1 aromatic heterocycles. The number of amides is 1. The second-order valence-corrected chi connectivity index (χ2v) is 4.13. The number of esters is 1. The fourth-order valence-corrected chi connectivity index (χ4v) is 1.59. The van der Waals surface area contributed by atoms with Gasteiger partial charge in [0.1, 0.15) is 13.2 Å². The quantitative estimate of drug-likeness (QED) is 0.842. The van der Waals surface area contributed by atoms with Crippen LogP contribution in [0.25, 0.3) is 0 Å². The highest BCUT2D eigenvalue weighted by Crippen LogP contribution is 2.05. The molecular formula is C15H12N2O4. The first-order valence-electron chi connectivity index (χ1n) is 6.15. The Balaban J connectivity index is 1.77. The maximum Gasteiger partial charge on any atom is 0.325 e. The Morgan fingerprint density at radius 2 is 2.14 bits per heavy atom. The molecular weight excluding hydrogens is 272 g/mol. The number of furan rings is 1. The number of rotatable bonds is 5. The molecule has 6 nitrogen and oxygen atoms in total. The molecule has 0 spiro atoms. The first-order chi connectivity index (χ1) is 10.2. The Bertz CT molecular complexity index is 671. The normalized spacial score (nSPS) is 9.67. The number of hydrogen-bond acceptors (Lipinski definition) is 5. The Hall–Kier alpha value is -3.07. The third-order valence-electron chi connectivity index (χ3n) is 2.59. The van der Waals surface area contributed by atoms with Crippen LogP contribution in [0.1, 0.15) is 21.7 Å². The summed E-state index contributed by atoms with van der Waals surface area (Å²) in [6.07, 6.45) is 1.37. The summed E-state index contributed by atoms with van der Waals surface area (Å²) >= 11 is 0. The highest BCUT2D eigenvalue weighted by atomic mass is 16.5. The van der Waals surface area contributed by atoms with Crippen molar-refractivity contribution < 1.29 is 18.7 Å². The number of nitrogens with one attached hydrogen (secondary N) is 1. The third kappa shape index (κ3) is 4.21. The van der Waals surface area contributed by atoms with E-state index in [0.29, 0.717) is 11.1 Å². The standard InChI is InChI=1S/C15H12N2O4/c16-8-11-3-1-4-12(7-11)10-21-14(18)9-17-15(19)13-5-2-6-20-13/h1-7H,9-10H2,(H,17,19). The summed E-state index contributed by atoms with van der Waals surface area (Å²) in [5, 5.41) is 11.1. The van der Waals surface area contributed by atoms with Crippen LogP contribution in [0.5, 0.6) is 0 Å². The number of nitriles is 1. The van der Waals surface area contributed by atoms with Crippen LogP contribution in [0.3, 0.4) is 0 Å². The highest BCUT2D eigenvalue weighted by Gasteiger charge is 2.11. The monoisotopic (exact) mass is 284 g/mol. The molecule has 0 saturated carbocycles. The lowest BCUT2D eigenvalue weighted by Crippen LogP contribution is -2.30. The molecule has 0 aliphatic carbocycles. The fourth-order valence-electron chi connectivity index (χ4n) is 1.59. The maximum atomic E-state index is 11.5. The molecule has 1 N–H and O–H groups in total. The summed E-state index contributed by atoms with van der Waals surface area (Å²) in [7, 11) is 0. The Morgan fingerprint density at radius 1 is 1.29 bits per heavy atom. The number of benzene rings is 1. The van der Waals surface area contributed by atoms with E-state index in [4.69, 9.17) is 14.4 Å². The van der Waals surface area contributed by atoms with Gasteiger partial charge in [0.05, 0.1) is 17.9 Å². The van der Waals surface area contributed by atoms with Gasteiger partial charge >= 0.3 is 5.97 Å². The van der Waals surface area contributed by atoms with Crippen molar-refractivity contribution in [3.8, 4) is 6.07 Å². The van der Waals surface area contributed by atoms with Gasteiger partial charge in [-0.25, -0.2) is 0 Å². The Morgan fingerprint density at radius 3 is 2.86 bits per heavy atom. The van der Waals surface area contributed by atoms with Crippen LogP contribution in [-0.4, -0.2) is 18.4 Å². The van der Waals surface area contributed by atoms with E-state index in [1.807, 2.05) is 6.07 Å². The minimum absolute atomic E-state index is 0.0466. The van der Waals surface area contributed by atoms with Crippen molar-refractivity contribution in [2.45, 2.75) is 6.61 Å². The van der Waals surface area contributed by atoms with E-state index < -0.39 is 11.9 Å². The van der Waals surface area contributed by atoms with Crippen molar-refractivity contribution in [1.29, 1.82) is 5.26 Å². The largest absolute Gasteiger partial charge is 0.460 e. The summed E-state index contributed by atoms with van der Waals surface area (Å²) < 4.78 is 9.89. The summed E-state index contributed by atoms with van der Waals surface area (Å²) in [6.45, 7) is -0.206. The van der Waals surface area contributed by atoms with Gasteiger partial charge in [-0.1, -0.05) is 12.1 Å². The Kier molecular flexibility index (Phi) is 4.72. The predicted octanol–water partition coefficient (Wildman–Crippen LogP) is 1.62. The lowest BCUT2D eigenvalue weighted by atomic mass is 10.1. The lowest BCUT2D eigenvalue weighted by Gasteiger charge is -2.06. The average molecular weight is 284 g/mol. The first-order valence-corrected chi connectivity index (χ1v) is 6.15. The van der Waals surface area contributed by atoms with E-state index in [-0.39, 0.29) is 18.9 Å². The number of carbonyl (C=O) groups is 2. The number of ether oxygens (including phenoxy) is 1. The number of nitrogens with zero attached hydrogens (tertiary/aromatic N) is 1. The van der Waals surface area contributed by atoms with E-state index in [1.165, 1.54) is 12.3 Å². The van der Waals surface area contributed by atoms with Gasteiger partial charge in [0.2, 0.25) is 0 Å². The topological polar surface area (TPSA) is 92.3 Å². The molecule has 0 atom stereocenters. The van der Waals surface area contributed by atoms with Gasteiger partial charge in [-0.3, -0.25) is 9.59 Å². The van der Waals surface area contributed by atoms with Crippen molar-refractivity contribution in [2.24, 2.45) is 0 Å². The first kappa shape index (κ1) is 14.3.